The van der Waals surface area contributed by atoms with E-state index in [1.165, 1.54) is 6.07 Å². The SMILES string of the molecule is CC(C)Nc1ccc(N2CCC(CNC(=O)O)C2)c(F)c1. The first kappa shape index (κ1) is 15.4. The van der Waals surface area contributed by atoms with E-state index in [1.54, 1.807) is 6.07 Å². The number of hydrogen-bond acceptors (Lipinski definition) is 3. The Hall–Kier alpha value is -1.98. The molecule has 1 atom stereocenters. The van der Waals surface area contributed by atoms with Crippen molar-refractivity contribution in [1.29, 1.82) is 0 Å². The van der Waals surface area contributed by atoms with E-state index in [2.05, 4.69) is 10.6 Å². The van der Waals surface area contributed by atoms with Crippen molar-refractivity contribution in [3.05, 3.63) is 24.0 Å². The number of carbonyl (C=O) groups is 1. The van der Waals surface area contributed by atoms with Gasteiger partial charge >= 0.3 is 6.09 Å². The molecule has 116 valence electrons. The fourth-order valence-corrected chi connectivity index (χ4v) is 2.64. The van der Waals surface area contributed by atoms with Gasteiger partial charge in [-0.15, -0.1) is 0 Å². The number of nitrogens with one attached hydrogen (secondary N) is 2. The fraction of sp³-hybridized carbons (Fsp3) is 0.533. The van der Waals surface area contributed by atoms with Gasteiger partial charge in [0, 0.05) is 31.4 Å². The third kappa shape index (κ3) is 4.24. The first-order valence-electron chi connectivity index (χ1n) is 7.23. The summed E-state index contributed by atoms with van der Waals surface area (Å²) in [7, 11) is 0. The van der Waals surface area contributed by atoms with Crippen molar-refractivity contribution in [2.24, 2.45) is 5.92 Å². The molecular weight excluding hydrogens is 273 g/mol. The van der Waals surface area contributed by atoms with Crippen LogP contribution < -0.4 is 15.5 Å². The normalized spacial score (nSPS) is 18.1. The zero-order valence-electron chi connectivity index (χ0n) is 12.4. The molecule has 0 radical (unpaired) electrons. The molecule has 1 amide bonds. The molecule has 1 unspecified atom stereocenters. The van der Waals surface area contributed by atoms with Crippen LogP contribution in [-0.4, -0.2) is 36.9 Å². The van der Waals surface area contributed by atoms with Crippen LogP contribution in [0.25, 0.3) is 0 Å². The Bertz CT molecular complexity index is 508. The molecule has 1 aliphatic rings. The highest BCUT2D eigenvalue weighted by Gasteiger charge is 2.24. The predicted molar refractivity (Wildman–Crippen MR) is 81.5 cm³/mol. The van der Waals surface area contributed by atoms with Gasteiger partial charge in [-0.3, -0.25) is 0 Å². The van der Waals surface area contributed by atoms with E-state index in [4.69, 9.17) is 5.11 Å². The van der Waals surface area contributed by atoms with Gasteiger partial charge < -0.3 is 20.6 Å². The number of benzene rings is 1. The Labute approximate surface area is 124 Å². The quantitative estimate of drug-likeness (QED) is 0.781. The smallest absolute Gasteiger partial charge is 0.404 e. The number of rotatable bonds is 5. The fourth-order valence-electron chi connectivity index (χ4n) is 2.64. The summed E-state index contributed by atoms with van der Waals surface area (Å²) in [6.45, 7) is 5.85. The molecule has 6 heteroatoms. The Morgan fingerprint density at radius 1 is 1.52 bits per heavy atom. The van der Waals surface area contributed by atoms with E-state index in [9.17, 15) is 9.18 Å². The minimum absolute atomic E-state index is 0.231. The third-order valence-corrected chi connectivity index (χ3v) is 3.57. The lowest BCUT2D eigenvalue weighted by atomic mass is 10.1. The summed E-state index contributed by atoms with van der Waals surface area (Å²) in [5.41, 5.74) is 1.36. The van der Waals surface area contributed by atoms with Gasteiger partial charge in [0.2, 0.25) is 0 Å². The van der Waals surface area contributed by atoms with Crippen molar-refractivity contribution in [1.82, 2.24) is 5.32 Å². The highest BCUT2D eigenvalue weighted by molar-refractivity contribution is 5.64. The summed E-state index contributed by atoms with van der Waals surface area (Å²) in [5, 5.41) is 14.2. The van der Waals surface area contributed by atoms with Gasteiger partial charge in [0.15, 0.2) is 0 Å². The number of halogens is 1. The van der Waals surface area contributed by atoms with Crippen molar-refractivity contribution in [2.75, 3.05) is 29.9 Å². The maximum atomic E-state index is 14.2. The molecule has 1 heterocycles. The van der Waals surface area contributed by atoms with E-state index < -0.39 is 6.09 Å². The van der Waals surface area contributed by atoms with Crippen molar-refractivity contribution < 1.29 is 14.3 Å². The number of nitrogens with zero attached hydrogens (tertiary/aromatic N) is 1. The van der Waals surface area contributed by atoms with Crippen LogP contribution in [0.3, 0.4) is 0 Å². The number of anilines is 2. The second-order valence-corrected chi connectivity index (χ2v) is 5.75. The van der Waals surface area contributed by atoms with Crippen LogP contribution in [0.2, 0.25) is 0 Å². The van der Waals surface area contributed by atoms with Gasteiger partial charge in [-0.25, -0.2) is 9.18 Å². The molecule has 0 saturated carbocycles. The minimum atomic E-state index is -1.01. The molecule has 3 N–H and O–H groups in total. The lowest BCUT2D eigenvalue weighted by Crippen LogP contribution is -2.29. The number of amides is 1. The Morgan fingerprint density at radius 2 is 2.29 bits per heavy atom. The average Bonchev–Trinajstić information content (AvgIpc) is 2.84. The molecule has 1 fully saturated rings. The van der Waals surface area contributed by atoms with Gasteiger partial charge in [-0.05, 0) is 44.4 Å². The molecule has 0 spiro atoms. The van der Waals surface area contributed by atoms with Crippen LogP contribution in [0.1, 0.15) is 20.3 Å². The van der Waals surface area contributed by atoms with E-state index in [0.717, 1.165) is 18.7 Å². The van der Waals surface area contributed by atoms with Gasteiger partial charge in [-0.2, -0.15) is 0 Å². The van der Waals surface area contributed by atoms with Crippen LogP contribution in [0.15, 0.2) is 18.2 Å². The van der Waals surface area contributed by atoms with Crippen molar-refractivity contribution in [2.45, 2.75) is 26.3 Å². The van der Waals surface area contributed by atoms with E-state index in [1.807, 2.05) is 24.8 Å². The summed E-state index contributed by atoms with van der Waals surface area (Å²) in [6, 6.07) is 5.43. The third-order valence-electron chi connectivity index (χ3n) is 3.57. The Kier molecular flexibility index (Phi) is 4.88. The molecular formula is C15H22FN3O2. The molecule has 2 rings (SSSR count). The topological polar surface area (TPSA) is 64.6 Å². The summed E-state index contributed by atoms with van der Waals surface area (Å²) in [6.07, 6.45) is -0.144. The molecule has 0 aliphatic carbocycles. The molecule has 21 heavy (non-hydrogen) atoms. The number of carboxylic acid groups (broad SMARTS) is 1. The van der Waals surface area contributed by atoms with Crippen LogP contribution in [-0.2, 0) is 0 Å². The Balaban J connectivity index is 1.98. The largest absolute Gasteiger partial charge is 0.465 e. The second kappa shape index (κ2) is 6.65. The van der Waals surface area contributed by atoms with Crippen LogP contribution in [0, 0.1) is 11.7 Å². The second-order valence-electron chi connectivity index (χ2n) is 5.75. The highest BCUT2D eigenvalue weighted by atomic mass is 19.1. The Morgan fingerprint density at radius 3 is 2.90 bits per heavy atom. The van der Waals surface area contributed by atoms with E-state index >= 15 is 0 Å². The van der Waals surface area contributed by atoms with Crippen molar-refractivity contribution in [3.8, 4) is 0 Å². The summed E-state index contributed by atoms with van der Waals surface area (Å²) in [4.78, 5) is 12.5. The minimum Gasteiger partial charge on any atom is -0.465 e. The molecule has 0 bridgehead atoms. The molecule has 1 aromatic carbocycles. The molecule has 0 aromatic heterocycles. The summed E-state index contributed by atoms with van der Waals surface area (Å²) >= 11 is 0. The van der Waals surface area contributed by atoms with Crippen molar-refractivity contribution >= 4 is 17.5 Å². The van der Waals surface area contributed by atoms with Gasteiger partial charge in [0.1, 0.15) is 5.82 Å². The maximum Gasteiger partial charge on any atom is 0.404 e. The van der Waals surface area contributed by atoms with Gasteiger partial charge in [-0.1, -0.05) is 0 Å². The summed E-state index contributed by atoms with van der Waals surface area (Å²) < 4.78 is 14.2. The van der Waals surface area contributed by atoms with Crippen LogP contribution in [0.5, 0.6) is 0 Å². The van der Waals surface area contributed by atoms with Crippen molar-refractivity contribution in [3.63, 3.8) is 0 Å². The first-order valence-corrected chi connectivity index (χ1v) is 7.23. The van der Waals surface area contributed by atoms with E-state index in [0.29, 0.717) is 18.8 Å². The maximum absolute atomic E-state index is 14.2. The van der Waals surface area contributed by atoms with E-state index in [-0.39, 0.29) is 17.8 Å². The zero-order chi connectivity index (χ0) is 15.4. The molecule has 1 aliphatic heterocycles. The molecule has 5 nitrogen and oxygen atoms in total. The van der Waals surface area contributed by atoms with Crippen LogP contribution in [0.4, 0.5) is 20.6 Å². The predicted octanol–water partition coefficient (Wildman–Crippen LogP) is 2.74. The van der Waals surface area contributed by atoms with Gasteiger partial charge in [0.05, 0.1) is 5.69 Å². The zero-order valence-corrected chi connectivity index (χ0v) is 12.4. The van der Waals surface area contributed by atoms with Crippen LogP contribution >= 0.6 is 0 Å². The lowest BCUT2D eigenvalue weighted by molar-refractivity contribution is 0.192. The van der Waals surface area contributed by atoms with Gasteiger partial charge in [0.25, 0.3) is 0 Å². The lowest BCUT2D eigenvalue weighted by Gasteiger charge is -2.20. The monoisotopic (exact) mass is 295 g/mol. The first-order chi connectivity index (χ1) is 9.95. The molecule has 1 aromatic rings. The number of hydrogen-bond donors (Lipinski definition) is 3. The average molecular weight is 295 g/mol. The highest BCUT2D eigenvalue weighted by Crippen LogP contribution is 2.28. The summed E-state index contributed by atoms with van der Waals surface area (Å²) in [5.74, 6) is -0.0125. The standard InChI is InChI=1S/C15H22FN3O2/c1-10(2)18-12-3-4-14(13(16)7-12)19-6-5-11(9-19)8-17-15(20)21/h3-4,7,10-11,17-18H,5-6,8-9H2,1-2H3,(H,20,21). The molecule has 1 saturated heterocycles.